The number of fused-ring (bicyclic) bond motifs is 1. The lowest BCUT2D eigenvalue weighted by molar-refractivity contribution is -0.137. The highest BCUT2D eigenvalue weighted by Crippen LogP contribution is 2.39. The molecule has 25 heavy (non-hydrogen) atoms. The van der Waals surface area contributed by atoms with Gasteiger partial charge in [-0.05, 0) is 48.1 Å². The molecule has 0 saturated carbocycles. The fourth-order valence-corrected chi connectivity index (χ4v) is 2.57. The van der Waals surface area contributed by atoms with Gasteiger partial charge in [-0.2, -0.15) is 0 Å². The van der Waals surface area contributed by atoms with E-state index in [2.05, 4.69) is 19.1 Å². The predicted molar refractivity (Wildman–Crippen MR) is 98.0 cm³/mol. The number of carbonyl (C=O) groups is 1. The van der Waals surface area contributed by atoms with Crippen molar-refractivity contribution in [2.75, 3.05) is 27.6 Å². The van der Waals surface area contributed by atoms with Gasteiger partial charge >= 0.3 is 5.97 Å². The van der Waals surface area contributed by atoms with Gasteiger partial charge in [0.15, 0.2) is 18.3 Å². The van der Waals surface area contributed by atoms with Crippen molar-refractivity contribution >= 4 is 22.8 Å². The summed E-state index contributed by atoms with van der Waals surface area (Å²) in [6.07, 6.45) is 4.06. The standard InChI is InChI=1S/C20H24O5/c1-5-14-7-9-16-15(8-10-19(21)24-6-2)12-18(23-4)20(17(16)11-14)25-13-22-3/h7-12H,5-6,13H2,1-4H3/b10-8+. The average molecular weight is 344 g/mol. The summed E-state index contributed by atoms with van der Waals surface area (Å²) in [4.78, 5) is 11.6. The Kier molecular flexibility index (Phi) is 6.83. The van der Waals surface area contributed by atoms with Crippen molar-refractivity contribution in [2.24, 2.45) is 0 Å². The van der Waals surface area contributed by atoms with Crippen molar-refractivity contribution in [3.63, 3.8) is 0 Å². The van der Waals surface area contributed by atoms with E-state index in [0.717, 1.165) is 22.8 Å². The van der Waals surface area contributed by atoms with Crippen LogP contribution in [-0.2, 0) is 20.7 Å². The number of aryl methyl sites for hydroxylation is 1. The molecule has 0 heterocycles. The maximum atomic E-state index is 11.6. The Morgan fingerprint density at radius 3 is 2.56 bits per heavy atom. The first kappa shape index (κ1) is 18.8. The molecule has 0 bridgehead atoms. The second kappa shape index (κ2) is 9.08. The molecule has 0 radical (unpaired) electrons. The summed E-state index contributed by atoms with van der Waals surface area (Å²) in [5, 5.41) is 1.88. The number of hydrogen-bond donors (Lipinski definition) is 0. The lowest BCUT2D eigenvalue weighted by atomic mass is 9.99. The molecule has 0 N–H and O–H groups in total. The monoisotopic (exact) mass is 344 g/mol. The average Bonchev–Trinajstić information content (AvgIpc) is 2.64. The van der Waals surface area contributed by atoms with Crippen LogP contribution in [0, 0.1) is 0 Å². The molecule has 0 amide bonds. The van der Waals surface area contributed by atoms with Crippen molar-refractivity contribution in [3.8, 4) is 11.5 Å². The van der Waals surface area contributed by atoms with Gasteiger partial charge in [0, 0.05) is 18.6 Å². The summed E-state index contributed by atoms with van der Waals surface area (Å²) in [5.41, 5.74) is 2.04. The zero-order chi connectivity index (χ0) is 18.2. The van der Waals surface area contributed by atoms with Gasteiger partial charge < -0.3 is 18.9 Å². The van der Waals surface area contributed by atoms with Crippen LogP contribution in [0.4, 0.5) is 0 Å². The minimum Gasteiger partial charge on any atom is -0.493 e. The number of methoxy groups -OCH3 is 2. The summed E-state index contributed by atoms with van der Waals surface area (Å²) >= 11 is 0. The highest BCUT2D eigenvalue weighted by molar-refractivity contribution is 5.99. The minimum absolute atomic E-state index is 0.125. The molecule has 5 nitrogen and oxygen atoms in total. The third-order valence-corrected chi connectivity index (χ3v) is 3.78. The first-order chi connectivity index (χ1) is 12.1. The van der Waals surface area contributed by atoms with Crippen molar-refractivity contribution in [1.29, 1.82) is 0 Å². The molecular weight excluding hydrogens is 320 g/mol. The Morgan fingerprint density at radius 1 is 1.12 bits per heavy atom. The van der Waals surface area contributed by atoms with E-state index in [-0.39, 0.29) is 12.8 Å². The first-order valence-corrected chi connectivity index (χ1v) is 8.24. The van der Waals surface area contributed by atoms with Gasteiger partial charge in [-0.3, -0.25) is 0 Å². The lowest BCUT2D eigenvalue weighted by Crippen LogP contribution is -2.02. The van der Waals surface area contributed by atoms with E-state index in [4.69, 9.17) is 18.9 Å². The van der Waals surface area contributed by atoms with E-state index >= 15 is 0 Å². The fraction of sp³-hybridized carbons (Fsp3) is 0.350. The van der Waals surface area contributed by atoms with E-state index in [1.165, 1.54) is 11.6 Å². The number of esters is 1. The van der Waals surface area contributed by atoms with Crippen molar-refractivity contribution < 1.29 is 23.7 Å². The number of rotatable bonds is 8. The lowest BCUT2D eigenvalue weighted by Gasteiger charge is -2.16. The van der Waals surface area contributed by atoms with Crippen LogP contribution in [0.3, 0.4) is 0 Å². The van der Waals surface area contributed by atoms with Gasteiger partial charge in [0.1, 0.15) is 0 Å². The van der Waals surface area contributed by atoms with Crippen molar-refractivity contribution in [2.45, 2.75) is 20.3 Å². The number of hydrogen-bond acceptors (Lipinski definition) is 5. The molecule has 0 atom stereocenters. The van der Waals surface area contributed by atoms with Crippen LogP contribution < -0.4 is 9.47 Å². The molecule has 0 aromatic heterocycles. The van der Waals surface area contributed by atoms with Gasteiger partial charge in [0.05, 0.1) is 13.7 Å². The predicted octanol–water partition coefficient (Wildman–Crippen LogP) is 3.97. The fourth-order valence-electron chi connectivity index (χ4n) is 2.57. The maximum absolute atomic E-state index is 11.6. The summed E-state index contributed by atoms with van der Waals surface area (Å²) in [7, 11) is 3.16. The Balaban J connectivity index is 2.60. The number of carbonyl (C=O) groups excluding carboxylic acids is 1. The SMILES string of the molecule is CCOC(=O)/C=C/c1cc(OC)c(OCOC)c2cc(CC)ccc12. The van der Waals surface area contributed by atoms with Crippen LogP contribution in [0.2, 0.25) is 0 Å². The number of benzene rings is 2. The Morgan fingerprint density at radius 2 is 1.92 bits per heavy atom. The molecule has 2 rings (SSSR count). The Bertz CT molecular complexity index is 764. The highest BCUT2D eigenvalue weighted by Gasteiger charge is 2.14. The van der Waals surface area contributed by atoms with Crippen molar-refractivity contribution in [1.82, 2.24) is 0 Å². The normalized spacial score (nSPS) is 11.0. The van der Waals surface area contributed by atoms with Gasteiger partial charge in [-0.1, -0.05) is 19.1 Å². The Labute approximate surface area is 148 Å². The van der Waals surface area contributed by atoms with Crippen LogP contribution >= 0.6 is 0 Å². The van der Waals surface area contributed by atoms with Crippen LogP contribution in [0.1, 0.15) is 25.0 Å². The van der Waals surface area contributed by atoms with Crippen LogP contribution in [0.15, 0.2) is 30.3 Å². The largest absolute Gasteiger partial charge is 0.493 e. The van der Waals surface area contributed by atoms with E-state index in [1.54, 1.807) is 27.2 Å². The van der Waals surface area contributed by atoms with Gasteiger partial charge in [0.2, 0.25) is 0 Å². The molecule has 0 aliphatic carbocycles. The molecule has 5 heteroatoms. The smallest absolute Gasteiger partial charge is 0.330 e. The van der Waals surface area contributed by atoms with Crippen molar-refractivity contribution in [3.05, 3.63) is 41.5 Å². The second-order valence-corrected chi connectivity index (χ2v) is 5.37. The molecule has 0 spiro atoms. The molecule has 134 valence electrons. The van der Waals surface area contributed by atoms with E-state index < -0.39 is 0 Å². The first-order valence-electron chi connectivity index (χ1n) is 8.24. The maximum Gasteiger partial charge on any atom is 0.330 e. The number of ether oxygens (including phenoxy) is 4. The highest BCUT2D eigenvalue weighted by atomic mass is 16.7. The van der Waals surface area contributed by atoms with Crippen LogP contribution in [0.25, 0.3) is 16.8 Å². The summed E-state index contributed by atoms with van der Waals surface area (Å²) < 4.78 is 21.2. The molecule has 0 aliphatic heterocycles. The molecule has 0 saturated heterocycles. The second-order valence-electron chi connectivity index (χ2n) is 5.37. The summed E-state index contributed by atoms with van der Waals surface area (Å²) in [6, 6.07) is 8.01. The van der Waals surface area contributed by atoms with E-state index in [9.17, 15) is 4.79 Å². The van der Waals surface area contributed by atoms with Gasteiger partial charge in [0.25, 0.3) is 0 Å². The summed E-state index contributed by atoms with van der Waals surface area (Å²) in [6.45, 7) is 4.34. The minimum atomic E-state index is -0.375. The molecule has 0 unspecified atom stereocenters. The third kappa shape index (κ3) is 4.51. The molecular formula is C20H24O5. The zero-order valence-corrected chi connectivity index (χ0v) is 15.1. The molecule has 0 aliphatic rings. The van der Waals surface area contributed by atoms with Crippen LogP contribution in [-0.4, -0.2) is 33.6 Å². The molecule has 2 aromatic carbocycles. The zero-order valence-electron chi connectivity index (χ0n) is 15.1. The Hall–Kier alpha value is -2.53. The van der Waals surface area contributed by atoms with Gasteiger partial charge in [-0.15, -0.1) is 0 Å². The molecule has 2 aromatic rings. The van der Waals surface area contributed by atoms with E-state index in [1.807, 2.05) is 12.1 Å². The van der Waals surface area contributed by atoms with Gasteiger partial charge in [-0.25, -0.2) is 4.79 Å². The topological polar surface area (TPSA) is 54.0 Å². The molecule has 0 fully saturated rings. The van der Waals surface area contributed by atoms with Crippen LogP contribution in [0.5, 0.6) is 11.5 Å². The third-order valence-electron chi connectivity index (χ3n) is 3.78. The van der Waals surface area contributed by atoms with E-state index in [0.29, 0.717) is 18.1 Å². The quantitative estimate of drug-likeness (QED) is 0.412. The summed E-state index contributed by atoms with van der Waals surface area (Å²) in [5.74, 6) is 0.837.